The van der Waals surface area contributed by atoms with Gasteiger partial charge in [0.2, 0.25) is 0 Å². The third-order valence-corrected chi connectivity index (χ3v) is 4.06. The maximum atomic E-state index is 2.42. The van der Waals surface area contributed by atoms with Gasteiger partial charge in [-0.25, -0.2) is 0 Å². The van der Waals surface area contributed by atoms with Crippen LogP contribution in [0.4, 0.5) is 0 Å². The molecule has 0 saturated carbocycles. The van der Waals surface area contributed by atoms with Gasteiger partial charge in [0.15, 0.2) is 0 Å². The minimum absolute atomic E-state index is 1.15. The summed E-state index contributed by atoms with van der Waals surface area (Å²) in [5.41, 5.74) is 7.49. The van der Waals surface area contributed by atoms with Gasteiger partial charge >= 0.3 is 0 Å². The van der Waals surface area contributed by atoms with Gasteiger partial charge in [0.25, 0.3) is 0 Å². The highest BCUT2D eigenvalue weighted by Gasteiger charge is 2.06. The maximum absolute atomic E-state index is 2.42. The van der Waals surface area contributed by atoms with E-state index in [1.54, 1.807) is 5.56 Å². The summed E-state index contributed by atoms with van der Waals surface area (Å²) < 4.78 is 0. The predicted octanol–water partition coefficient (Wildman–Crippen LogP) is 4.13. The Morgan fingerprint density at radius 2 is 1.28 bits per heavy atom. The molecule has 0 N–H and O–H groups in total. The Bertz CT molecular complexity index is 534. The Hall–Kier alpha value is -1.56. The highest BCUT2D eigenvalue weighted by molar-refractivity contribution is 5.35. The first kappa shape index (κ1) is 11.5. The average molecular weight is 236 g/mol. The number of rotatable bonds is 1. The van der Waals surface area contributed by atoms with E-state index in [2.05, 4.69) is 49.4 Å². The molecule has 0 aromatic heterocycles. The lowest BCUT2D eigenvalue weighted by molar-refractivity contribution is 0.898. The minimum atomic E-state index is 1.15. The van der Waals surface area contributed by atoms with Gasteiger partial charge in [-0.2, -0.15) is 0 Å². The molecule has 0 unspecified atom stereocenters. The summed E-state index contributed by atoms with van der Waals surface area (Å²) in [6.07, 6.45) is 5.80. The molecule has 0 amide bonds. The van der Waals surface area contributed by atoms with Crippen LogP contribution in [0.1, 0.15) is 34.7 Å². The van der Waals surface area contributed by atoms with Gasteiger partial charge < -0.3 is 0 Å². The first-order valence-corrected chi connectivity index (χ1v) is 7.03. The highest BCUT2D eigenvalue weighted by atomic mass is 14.1. The van der Waals surface area contributed by atoms with Crippen molar-refractivity contribution in [2.24, 2.45) is 0 Å². The first-order valence-electron chi connectivity index (χ1n) is 7.03. The molecule has 4 aliphatic carbocycles. The molecule has 0 heteroatoms. The normalized spacial score (nSPS) is 14.3. The molecule has 0 spiro atoms. The second-order valence-electron chi connectivity index (χ2n) is 5.27. The molecule has 2 aromatic rings. The lowest BCUT2D eigenvalue weighted by Crippen LogP contribution is -2.01. The molecule has 2 aromatic carbocycles. The summed E-state index contributed by atoms with van der Waals surface area (Å²) in [6, 6.07) is 16.3. The zero-order valence-corrected chi connectivity index (χ0v) is 11.1. The largest absolute Gasteiger partial charge is 0.0613 e. The van der Waals surface area contributed by atoms with Crippen LogP contribution in [0.3, 0.4) is 0 Å². The Kier molecular flexibility index (Phi) is 3.19. The summed E-state index contributed by atoms with van der Waals surface area (Å²) in [4.78, 5) is 0. The smallest absolute Gasteiger partial charge is 0.0236 e. The molecule has 0 fully saturated rings. The highest BCUT2D eigenvalue weighted by Crippen LogP contribution is 2.19. The summed E-state index contributed by atoms with van der Waals surface area (Å²) in [5.74, 6) is 0. The van der Waals surface area contributed by atoms with Gasteiger partial charge in [-0.15, -0.1) is 0 Å². The number of hydrogen-bond acceptors (Lipinski definition) is 0. The van der Waals surface area contributed by atoms with E-state index in [0.29, 0.717) is 0 Å². The Labute approximate surface area is 110 Å². The minimum Gasteiger partial charge on any atom is -0.0613 e. The second kappa shape index (κ2) is 4.97. The standard InChI is InChI=1S/C18H20/c1-2-17-13-16-8-7-14-3-5-15(6-4-14)9-11-18(17)12-10-16/h3-6,10,12-13H,2,7-9,11H2,1H3. The van der Waals surface area contributed by atoms with E-state index in [4.69, 9.17) is 0 Å². The molecule has 4 aliphatic rings. The third kappa shape index (κ3) is 2.33. The third-order valence-electron chi connectivity index (χ3n) is 4.06. The van der Waals surface area contributed by atoms with Crippen LogP contribution in [-0.2, 0) is 32.1 Å². The van der Waals surface area contributed by atoms with Crippen molar-refractivity contribution in [3.05, 3.63) is 70.3 Å². The molecule has 0 nitrogen and oxygen atoms in total. The van der Waals surface area contributed by atoms with Crippen molar-refractivity contribution in [3.8, 4) is 0 Å². The fourth-order valence-corrected chi connectivity index (χ4v) is 2.85. The van der Waals surface area contributed by atoms with Crippen molar-refractivity contribution in [1.29, 1.82) is 0 Å². The van der Waals surface area contributed by atoms with E-state index in [1.807, 2.05) is 0 Å². The Morgan fingerprint density at radius 3 is 1.94 bits per heavy atom. The summed E-state index contributed by atoms with van der Waals surface area (Å²) in [6.45, 7) is 2.27. The number of aryl methyl sites for hydroxylation is 5. The van der Waals surface area contributed by atoms with Crippen LogP contribution in [-0.4, -0.2) is 0 Å². The molecule has 0 radical (unpaired) electrons. The van der Waals surface area contributed by atoms with E-state index >= 15 is 0 Å². The van der Waals surface area contributed by atoms with Gasteiger partial charge in [0, 0.05) is 0 Å². The SMILES string of the molecule is CCc1cc2ccc1CCc1ccc(cc1)CC2. The van der Waals surface area contributed by atoms with Gasteiger partial charge in [-0.1, -0.05) is 49.4 Å². The lowest BCUT2D eigenvalue weighted by atomic mass is 9.92. The van der Waals surface area contributed by atoms with Crippen molar-refractivity contribution >= 4 is 0 Å². The van der Waals surface area contributed by atoms with Crippen molar-refractivity contribution in [2.45, 2.75) is 39.0 Å². The number of benzene rings is 2. The van der Waals surface area contributed by atoms with Gasteiger partial charge in [0.05, 0.1) is 0 Å². The van der Waals surface area contributed by atoms with E-state index in [9.17, 15) is 0 Å². The number of hydrogen-bond donors (Lipinski definition) is 0. The molecule has 0 aliphatic heterocycles. The van der Waals surface area contributed by atoms with Crippen molar-refractivity contribution < 1.29 is 0 Å². The average Bonchev–Trinajstić information content (AvgIpc) is 2.41. The van der Waals surface area contributed by atoms with Gasteiger partial charge in [-0.3, -0.25) is 0 Å². The zero-order valence-electron chi connectivity index (χ0n) is 11.1. The van der Waals surface area contributed by atoms with Crippen LogP contribution in [0.25, 0.3) is 0 Å². The van der Waals surface area contributed by atoms with Crippen LogP contribution < -0.4 is 0 Å². The Balaban J connectivity index is 2.00. The van der Waals surface area contributed by atoms with Crippen molar-refractivity contribution in [1.82, 2.24) is 0 Å². The predicted molar refractivity (Wildman–Crippen MR) is 77.1 cm³/mol. The molecule has 4 bridgehead atoms. The summed E-state index contributed by atoms with van der Waals surface area (Å²) >= 11 is 0. The second-order valence-corrected chi connectivity index (χ2v) is 5.27. The van der Waals surface area contributed by atoms with Crippen molar-refractivity contribution in [2.75, 3.05) is 0 Å². The molecule has 0 saturated heterocycles. The molecular weight excluding hydrogens is 216 g/mol. The molecule has 0 heterocycles. The topological polar surface area (TPSA) is 0 Å². The summed E-state index contributed by atoms with van der Waals surface area (Å²) in [7, 11) is 0. The molecule has 18 heavy (non-hydrogen) atoms. The Morgan fingerprint density at radius 1 is 0.722 bits per heavy atom. The fourth-order valence-electron chi connectivity index (χ4n) is 2.85. The molecule has 0 atom stereocenters. The monoisotopic (exact) mass is 236 g/mol. The quantitative estimate of drug-likeness (QED) is 0.698. The zero-order chi connectivity index (χ0) is 12.4. The van der Waals surface area contributed by atoms with Crippen LogP contribution in [0.5, 0.6) is 0 Å². The molecular formula is C18H20. The van der Waals surface area contributed by atoms with Crippen LogP contribution in [0.2, 0.25) is 0 Å². The fraction of sp³-hybridized carbons (Fsp3) is 0.333. The van der Waals surface area contributed by atoms with E-state index in [-0.39, 0.29) is 0 Å². The lowest BCUT2D eigenvalue weighted by Gasteiger charge is -2.13. The van der Waals surface area contributed by atoms with Gasteiger partial charge in [-0.05, 0) is 59.9 Å². The molecule has 6 rings (SSSR count). The van der Waals surface area contributed by atoms with E-state index in [1.165, 1.54) is 28.7 Å². The first-order chi connectivity index (χ1) is 8.85. The molecule has 92 valence electrons. The van der Waals surface area contributed by atoms with Crippen LogP contribution in [0, 0.1) is 0 Å². The maximum Gasteiger partial charge on any atom is -0.0236 e. The van der Waals surface area contributed by atoms with Gasteiger partial charge in [0.1, 0.15) is 0 Å². The van der Waals surface area contributed by atoms with E-state index in [0.717, 1.165) is 25.7 Å². The van der Waals surface area contributed by atoms with Crippen molar-refractivity contribution in [3.63, 3.8) is 0 Å². The van der Waals surface area contributed by atoms with Crippen LogP contribution in [0.15, 0.2) is 42.5 Å². The summed E-state index contributed by atoms with van der Waals surface area (Å²) in [5, 5.41) is 0. The van der Waals surface area contributed by atoms with Crippen LogP contribution >= 0.6 is 0 Å². The van der Waals surface area contributed by atoms with E-state index < -0.39 is 0 Å².